The van der Waals surface area contributed by atoms with Crippen molar-refractivity contribution in [2.24, 2.45) is 0 Å². The van der Waals surface area contributed by atoms with E-state index in [0.717, 1.165) is 43.8 Å². The van der Waals surface area contributed by atoms with Crippen LogP contribution in [-0.2, 0) is 13.0 Å². The second-order valence-electron chi connectivity index (χ2n) is 6.56. The van der Waals surface area contributed by atoms with Gasteiger partial charge in [0, 0.05) is 38.2 Å². The number of nitrogens with zero attached hydrogens (tertiary/aromatic N) is 4. The Morgan fingerprint density at radius 1 is 1.27 bits per heavy atom. The highest BCUT2D eigenvalue weighted by atomic mass is 16.5. The minimum absolute atomic E-state index is 0.0745. The first-order valence-corrected chi connectivity index (χ1v) is 9.08. The van der Waals surface area contributed by atoms with Crippen LogP contribution in [0.4, 0.5) is 0 Å². The first-order chi connectivity index (χ1) is 12.6. The van der Waals surface area contributed by atoms with E-state index in [1.54, 1.807) is 7.11 Å². The summed E-state index contributed by atoms with van der Waals surface area (Å²) in [5.74, 6) is 2.26. The standard InChI is InChI=1S/C19H26N4O3/c1-4-18-20-17(21-26-18)13-22-8-5-9-23(11-10-22)19(24)15-6-7-16(25-3)14(2)12-15/h6-7,12H,4-5,8-11,13H2,1-3H3. The molecule has 1 aromatic carbocycles. The van der Waals surface area contributed by atoms with Gasteiger partial charge < -0.3 is 14.2 Å². The highest BCUT2D eigenvalue weighted by molar-refractivity contribution is 5.94. The molecule has 7 nitrogen and oxygen atoms in total. The molecule has 0 spiro atoms. The molecule has 2 aromatic rings. The Balaban J connectivity index is 1.60. The molecule has 1 amide bonds. The van der Waals surface area contributed by atoms with Crippen LogP contribution < -0.4 is 4.74 Å². The van der Waals surface area contributed by atoms with Crippen LogP contribution in [0.2, 0.25) is 0 Å². The number of carbonyl (C=O) groups is 1. The molecule has 7 heteroatoms. The lowest BCUT2D eigenvalue weighted by Gasteiger charge is -2.21. The molecule has 1 aromatic heterocycles. The fourth-order valence-electron chi connectivity index (χ4n) is 3.22. The number of amides is 1. The number of ether oxygens (including phenoxy) is 1. The van der Waals surface area contributed by atoms with Crippen molar-refractivity contribution in [3.8, 4) is 5.75 Å². The Labute approximate surface area is 153 Å². The molecular formula is C19H26N4O3. The van der Waals surface area contributed by atoms with Crippen molar-refractivity contribution in [2.75, 3.05) is 33.3 Å². The molecule has 0 saturated carbocycles. The largest absolute Gasteiger partial charge is 0.496 e. The second-order valence-corrected chi connectivity index (χ2v) is 6.56. The van der Waals surface area contributed by atoms with Crippen molar-refractivity contribution in [1.82, 2.24) is 19.9 Å². The van der Waals surface area contributed by atoms with Crippen molar-refractivity contribution in [2.45, 2.75) is 33.2 Å². The summed E-state index contributed by atoms with van der Waals surface area (Å²) in [6.45, 7) is 7.78. The van der Waals surface area contributed by atoms with E-state index in [0.29, 0.717) is 30.4 Å². The minimum atomic E-state index is 0.0745. The first-order valence-electron chi connectivity index (χ1n) is 9.08. The molecule has 0 bridgehead atoms. The van der Waals surface area contributed by atoms with Gasteiger partial charge in [-0.25, -0.2) is 0 Å². The number of hydrogen-bond acceptors (Lipinski definition) is 6. The summed E-state index contributed by atoms with van der Waals surface area (Å²) in [7, 11) is 1.64. The maximum Gasteiger partial charge on any atom is 0.253 e. The van der Waals surface area contributed by atoms with Gasteiger partial charge in [0.1, 0.15) is 5.75 Å². The van der Waals surface area contributed by atoms with Crippen molar-refractivity contribution in [3.05, 3.63) is 41.0 Å². The number of hydrogen-bond donors (Lipinski definition) is 0. The Kier molecular flexibility index (Phi) is 5.88. The van der Waals surface area contributed by atoms with Gasteiger partial charge in [0.2, 0.25) is 5.89 Å². The maximum absolute atomic E-state index is 12.8. The fraction of sp³-hybridized carbons (Fsp3) is 0.526. The monoisotopic (exact) mass is 358 g/mol. The zero-order valence-electron chi connectivity index (χ0n) is 15.7. The Morgan fingerprint density at radius 2 is 2.12 bits per heavy atom. The molecule has 2 heterocycles. The molecule has 1 aliphatic rings. The Bertz CT molecular complexity index is 759. The highest BCUT2D eigenvalue weighted by Gasteiger charge is 2.21. The molecule has 1 aliphatic heterocycles. The number of aromatic nitrogens is 2. The van der Waals surface area contributed by atoms with Crippen molar-refractivity contribution in [3.63, 3.8) is 0 Å². The summed E-state index contributed by atoms with van der Waals surface area (Å²) < 4.78 is 10.4. The van der Waals surface area contributed by atoms with Crippen LogP contribution in [0.1, 0.15) is 41.0 Å². The van der Waals surface area contributed by atoms with Crippen LogP contribution in [-0.4, -0.2) is 59.1 Å². The van der Waals surface area contributed by atoms with E-state index in [1.165, 1.54) is 0 Å². The summed E-state index contributed by atoms with van der Waals surface area (Å²) in [6.07, 6.45) is 1.68. The minimum Gasteiger partial charge on any atom is -0.496 e. The third-order valence-corrected chi connectivity index (χ3v) is 4.70. The van der Waals surface area contributed by atoms with E-state index in [-0.39, 0.29) is 5.91 Å². The molecule has 1 fully saturated rings. The van der Waals surface area contributed by atoms with Gasteiger partial charge in [-0.1, -0.05) is 12.1 Å². The number of methoxy groups -OCH3 is 1. The van der Waals surface area contributed by atoms with E-state index in [4.69, 9.17) is 9.26 Å². The average molecular weight is 358 g/mol. The van der Waals surface area contributed by atoms with Gasteiger partial charge in [0.25, 0.3) is 5.91 Å². The van der Waals surface area contributed by atoms with E-state index < -0.39 is 0 Å². The average Bonchev–Trinajstić information content (AvgIpc) is 2.98. The van der Waals surface area contributed by atoms with Gasteiger partial charge in [-0.15, -0.1) is 0 Å². The van der Waals surface area contributed by atoms with Crippen molar-refractivity contribution >= 4 is 5.91 Å². The van der Waals surface area contributed by atoms with Crippen LogP contribution in [0.15, 0.2) is 22.7 Å². The normalized spacial score (nSPS) is 15.7. The van der Waals surface area contributed by atoms with E-state index >= 15 is 0 Å². The number of aryl methyl sites for hydroxylation is 2. The molecule has 140 valence electrons. The molecule has 26 heavy (non-hydrogen) atoms. The smallest absolute Gasteiger partial charge is 0.253 e. The van der Waals surface area contributed by atoms with Gasteiger partial charge in [0.05, 0.1) is 13.7 Å². The van der Waals surface area contributed by atoms with E-state index in [9.17, 15) is 4.79 Å². The summed E-state index contributed by atoms with van der Waals surface area (Å²) in [5.41, 5.74) is 1.68. The molecule has 0 atom stereocenters. The highest BCUT2D eigenvalue weighted by Crippen LogP contribution is 2.20. The third kappa shape index (κ3) is 4.22. The molecule has 3 rings (SSSR count). The number of benzene rings is 1. The lowest BCUT2D eigenvalue weighted by molar-refractivity contribution is 0.0761. The van der Waals surface area contributed by atoms with E-state index in [2.05, 4.69) is 15.0 Å². The Hall–Kier alpha value is -2.41. The molecular weight excluding hydrogens is 332 g/mol. The number of rotatable bonds is 5. The lowest BCUT2D eigenvalue weighted by Crippen LogP contribution is -2.35. The Morgan fingerprint density at radius 3 is 2.81 bits per heavy atom. The predicted octanol–water partition coefficient (Wildman–Crippen LogP) is 2.30. The third-order valence-electron chi connectivity index (χ3n) is 4.70. The summed E-state index contributed by atoms with van der Waals surface area (Å²) >= 11 is 0. The molecule has 1 saturated heterocycles. The summed E-state index contributed by atoms with van der Waals surface area (Å²) in [4.78, 5) is 21.4. The topological polar surface area (TPSA) is 71.7 Å². The number of carbonyl (C=O) groups excluding carboxylic acids is 1. The molecule has 0 unspecified atom stereocenters. The zero-order chi connectivity index (χ0) is 18.5. The van der Waals surface area contributed by atoms with Crippen LogP contribution in [0, 0.1) is 6.92 Å². The molecule has 0 N–H and O–H groups in total. The van der Waals surface area contributed by atoms with E-state index in [1.807, 2.05) is 36.9 Å². The second kappa shape index (κ2) is 8.31. The van der Waals surface area contributed by atoms with Crippen LogP contribution >= 0.6 is 0 Å². The zero-order valence-corrected chi connectivity index (χ0v) is 15.7. The summed E-state index contributed by atoms with van der Waals surface area (Å²) in [5, 5.41) is 4.02. The molecule has 0 radical (unpaired) electrons. The summed E-state index contributed by atoms with van der Waals surface area (Å²) in [6, 6.07) is 5.59. The van der Waals surface area contributed by atoms with Crippen LogP contribution in [0.3, 0.4) is 0 Å². The maximum atomic E-state index is 12.8. The van der Waals surface area contributed by atoms with Gasteiger partial charge in [-0.3, -0.25) is 9.69 Å². The quantitative estimate of drug-likeness (QED) is 0.817. The van der Waals surface area contributed by atoms with Gasteiger partial charge in [-0.05, 0) is 37.1 Å². The van der Waals surface area contributed by atoms with Gasteiger partial charge in [0.15, 0.2) is 5.82 Å². The van der Waals surface area contributed by atoms with Crippen molar-refractivity contribution < 1.29 is 14.1 Å². The SMILES string of the molecule is CCc1nc(CN2CCCN(C(=O)c3ccc(OC)c(C)c3)CC2)no1. The predicted molar refractivity (Wildman–Crippen MR) is 97.2 cm³/mol. The lowest BCUT2D eigenvalue weighted by atomic mass is 10.1. The van der Waals surface area contributed by atoms with Gasteiger partial charge in [-0.2, -0.15) is 4.98 Å². The van der Waals surface area contributed by atoms with Crippen LogP contribution in [0.25, 0.3) is 0 Å². The fourth-order valence-corrected chi connectivity index (χ4v) is 3.22. The first kappa shape index (κ1) is 18.4. The van der Waals surface area contributed by atoms with Crippen LogP contribution in [0.5, 0.6) is 5.75 Å². The van der Waals surface area contributed by atoms with Gasteiger partial charge >= 0.3 is 0 Å². The molecule has 0 aliphatic carbocycles. The van der Waals surface area contributed by atoms with Crippen molar-refractivity contribution in [1.29, 1.82) is 0 Å².